The Morgan fingerprint density at radius 3 is 2.27 bits per heavy atom. The first kappa shape index (κ1) is 34.9. The van der Waals surface area contributed by atoms with Crippen LogP contribution in [0.5, 0.6) is 0 Å². The molecule has 1 saturated carbocycles. The largest absolute Gasteiger partial charge is 0.469 e. The number of amides is 2. The molecule has 2 aromatic heterocycles. The van der Waals surface area contributed by atoms with Crippen LogP contribution in [-0.2, 0) is 36.5 Å². The van der Waals surface area contributed by atoms with Crippen LogP contribution in [0.15, 0.2) is 17.8 Å². The van der Waals surface area contributed by atoms with Gasteiger partial charge in [0, 0.05) is 62.6 Å². The number of alkyl halides is 3. The Balaban J connectivity index is 1.79. The number of aromatic nitrogens is 3. The summed E-state index contributed by atoms with van der Waals surface area (Å²) in [5, 5.41) is 4.65. The molecule has 0 radical (unpaired) electrons. The van der Waals surface area contributed by atoms with Crippen molar-refractivity contribution < 1.29 is 41.8 Å². The number of rotatable bonds is 14. The Morgan fingerprint density at radius 2 is 1.75 bits per heavy atom. The zero-order valence-electron chi connectivity index (χ0n) is 25.5. The first-order valence-corrected chi connectivity index (χ1v) is 15.1. The number of methoxy groups -OCH3 is 1. The van der Waals surface area contributed by atoms with Crippen LogP contribution in [0.4, 0.5) is 13.2 Å². The maximum absolute atomic E-state index is 13.3. The maximum atomic E-state index is 13.3. The highest BCUT2D eigenvalue weighted by Gasteiger charge is 2.37. The number of thiazole rings is 1. The lowest BCUT2D eigenvalue weighted by molar-refractivity contribution is -0.149. The van der Waals surface area contributed by atoms with Crippen molar-refractivity contribution in [2.45, 2.75) is 84.2 Å². The highest BCUT2D eigenvalue weighted by molar-refractivity contribution is 7.09. The summed E-state index contributed by atoms with van der Waals surface area (Å²) in [5.74, 6) is -2.16. The molecule has 2 aromatic rings. The molecule has 242 valence electrons. The molecular weight excluding hydrogens is 603 g/mol. The van der Waals surface area contributed by atoms with Crippen molar-refractivity contribution in [2.24, 2.45) is 17.8 Å². The predicted octanol–water partition coefficient (Wildman–Crippen LogP) is 4.38. The summed E-state index contributed by atoms with van der Waals surface area (Å²) in [6, 6.07) is -1.00. The van der Waals surface area contributed by atoms with Crippen molar-refractivity contribution in [2.75, 3.05) is 14.2 Å². The van der Waals surface area contributed by atoms with Crippen LogP contribution in [0.2, 0.25) is 0 Å². The topological polar surface area (TPSA) is 141 Å². The number of esters is 2. The van der Waals surface area contributed by atoms with E-state index in [9.17, 15) is 32.3 Å². The van der Waals surface area contributed by atoms with Gasteiger partial charge in [-0.05, 0) is 25.2 Å². The van der Waals surface area contributed by atoms with Crippen LogP contribution in [-0.4, -0.2) is 69.8 Å². The van der Waals surface area contributed by atoms with Crippen molar-refractivity contribution in [3.8, 4) is 0 Å². The van der Waals surface area contributed by atoms with Gasteiger partial charge in [0.2, 0.25) is 5.91 Å². The third-order valence-corrected chi connectivity index (χ3v) is 8.31. The van der Waals surface area contributed by atoms with Crippen molar-refractivity contribution in [3.05, 3.63) is 39.9 Å². The van der Waals surface area contributed by atoms with E-state index < -0.39 is 47.6 Å². The number of ether oxygens (including phenoxy) is 2. The van der Waals surface area contributed by atoms with Crippen LogP contribution in [0.1, 0.15) is 86.4 Å². The molecule has 0 aromatic carbocycles. The summed E-state index contributed by atoms with van der Waals surface area (Å²) in [6.07, 6.45) is -2.06. The number of hydrogen-bond acceptors (Lipinski definition) is 10. The fourth-order valence-corrected chi connectivity index (χ4v) is 5.66. The van der Waals surface area contributed by atoms with Gasteiger partial charge in [-0.3, -0.25) is 19.2 Å². The zero-order valence-corrected chi connectivity index (χ0v) is 26.3. The van der Waals surface area contributed by atoms with Crippen molar-refractivity contribution in [1.82, 2.24) is 25.2 Å². The molecule has 0 saturated heterocycles. The molecule has 11 nitrogen and oxygen atoms in total. The number of hydrogen-bond donors (Lipinski definition) is 1. The molecule has 3 unspecified atom stereocenters. The Hall–Kier alpha value is -3.62. The third-order valence-electron chi connectivity index (χ3n) is 7.37. The lowest BCUT2D eigenvalue weighted by Crippen LogP contribution is -2.42. The molecule has 1 aliphatic rings. The molecule has 0 aliphatic heterocycles. The predicted molar refractivity (Wildman–Crippen MR) is 153 cm³/mol. The number of carbonyl (C=O) groups is 4. The summed E-state index contributed by atoms with van der Waals surface area (Å²) in [5.41, 5.74) is -0.986. The van der Waals surface area contributed by atoms with E-state index in [2.05, 4.69) is 20.3 Å². The normalized spacial score (nSPS) is 16.0. The van der Waals surface area contributed by atoms with Crippen LogP contribution in [0, 0.1) is 17.8 Å². The second-order valence-corrected chi connectivity index (χ2v) is 12.2. The first-order valence-electron chi connectivity index (χ1n) is 14.3. The Morgan fingerprint density at radius 1 is 1.11 bits per heavy atom. The van der Waals surface area contributed by atoms with E-state index in [1.165, 1.54) is 19.4 Å². The molecular formula is C29H38F3N5O6S. The monoisotopic (exact) mass is 641 g/mol. The van der Waals surface area contributed by atoms with Crippen LogP contribution in [0.3, 0.4) is 0 Å². The minimum atomic E-state index is -4.60. The quantitative estimate of drug-likeness (QED) is 0.298. The van der Waals surface area contributed by atoms with Crippen molar-refractivity contribution in [3.63, 3.8) is 0 Å². The summed E-state index contributed by atoms with van der Waals surface area (Å²) < 4.78 is 49.2. The van der Waals surface area contributed by atoms with Crippen molar-refractivity contribution >= 4 is 35.1 Å². The summed E-state index contributed by atoms with van der Waals surface area (Å²) in [6.45, 7) is 6.82. The van der Waals surface area contributed by atoms with Gasteiger partial charge in [0.15, 0.2) is 6.10 Å². The fourth-order valence-electron chi connectivity index (χ4n) is 4.82. The minimum absolute atomic E-state index is 0.0198. The highest BCUT2D eigenvalue weighted by Crippen LogP contribution is 2.35. The van der Waals surface area contributed by atoms with Gasteiger partial charge in [0.25, 0.3) is 5.91 Å². The Kier molecular flexibility index (Phi) is 11.8. The lowest BCUT2D eigenvalue weighted by Gasteiger charge is -2.33. The number of nitrogens with one attached hydrogen (secondary N) is 1. The smallest absolute Gasteiger partial charge is 0.419 e. The van der Waals surface area contributed by atoms with Gasteiger partial charge >= 0.3 is 18.1 Å². The van der Waals surface area contributed by atoms with Gasteiger partial charge in [0.1, 0.15) is 16.5 Å². The van der Waals surface area contributed by atoms with Gasteiger partial charge in [-0.1, -0.05) is 20.8 Å². The van der Waals surface area contributed by atoms with E-state index in [4.69, 9.17) is 9.47 Å². The fraction of sp³-hybridized carbons (Fsp3) is 0.621. The number of halogens is 3. The van der Waals surface area contributed by atoms with E-state index >= 15 is 0 Å². The second-order valence-electron chi connectivity index (χ2n) is 11.4. The van der Waals surface area contributed by atoms with E-state index in [0.717, 1.165) is 24.2 Å². The molecule has 4 atom stereocenters. The number of nitrogens with zero attached hydrogens (tertiary/aromatic N) is 4. The number of carbonyl (C=O) groups excluding carboxylic acids is 4. The summed E-state index contributed by atoms with van der Waals surface area (Å²) in [4.78, 5) is 63.9. The first-order chi connectivity index (χ1) is 20.6. The molecule has 3 rings (SSSR count). The average Bonchev–Trinajstić information content (AvgIpc) is 3.68. The average molecular weight is 642 g/mol. The summed E-state index contributed by atoms with van der Waals surface area (Å²) >= 11 is 1.12. The Labute approximate surface area is 257 Å². The van der Waals surface area contributed by atoms with Gasteiger partial charge in [0.05, 0.1) is 18.6 Å². The lowest BCUT2D eigenvalue weighted by atomic mass is 9.96. The van der Waals surface area contributed by atoms with Gasteiger partial charge < -0.3 is 19.7 Å². The molecule has 0 spiro atoms. The Bertz CT molecular complexity index is 1320. The van der Waals surface area contributed by atoms with Gasteiger partial charge in [-0.25, -0.2) is 15.0 Å². The van der Waals surface area contributed by atoms with E-state index in [1.54, 1.807) is 18.9 Å². The highest BCUT2D eigenvalue weighted by atomic mass is 32.1. The van der Waals surface area contributed by atoms with Crippen LogP contribution >= 0.6 is 11.3 Å². The molecule has 15 heteroatoms. The van der Waals surface area contributed by atoms with E-state index in [1.807, 2.05) is 13.8 Å². The van der Waals surface area contributed by atoms with Crippen LogP contribution in [0.25, 0.3) is 0 Å². The third kappa shape index (κ3) is 9.69. The molecule has 2 heterocycles. The second kappa shape index (κ2) is 14.9. The molecule has 1 N–H and O–H groups in total. The van der Waals surface area contributed by atoms with E-state index in [0.29, 0.717) is 17.4 Å². The zero-order chi connectivity index (χ0) is 32.8. The van der Waals surface area contributed by atoms with Crippen molar-refractivity contribution in [1.29, 1.82) is 0 Å². The molecule has 1 aliphatic carbocycles. The molecule has 2 amide bonds. The molecule has 1 fully saturated rings. The SMILES string of the molecule is COC(=O)C(C)C[C@H](Cc1ncc(C(F)(F)F)cn1)NC(=O)c1csc(C(CC(C(C)C)N(C)C(=O)C2CC2)OC(C)=O)n1. The van der Waals surface area contributed by atoms with Gasteiger partial charge in [-0.15, -0.1) is 11.3 Å². The maximum Gasteiger partial charge on any atom is 0.419 e. The minimum Gasteiger partial charge on any atom is -0.469 e. The summed E-state index contributed by atoms with van der Waals surface area (Å²) in [7, 11) is 2.97. The molecule has 0 bridgehead atoms. The van der Waals surface area contributed by atoms with Gasteiger partial charge in [-0.2, -0.15) is 13.2 Å². The molecule has 44 heavy (non-hydrogen) atoms. The van der Waals surface area contributed by atoms with Crippen LogP contribution < -0.4 is 5.32 Å². The standard InChI is InChI=1S/C29H38F3N5O6S/c1-15(2)22(37(5)27(40)18-7-8-18)11-23(43-17(4)38)26-36-21(14-44-26)25(39)35-20(9-16(3)28(41)42-6)10-24-33-12-19(13-34-24)29(30,31)32/h12-16,18,20,22-23H,7-11H2,1-6H3,(H,35,39)/t16?,20-,22?,23?/m1/s1. The van der Waals surface area contributed by atoms with E-state index in [-0.39, 0.29) is 54.6 Å².